The number of thiophene rings is 2. The number of nitrogens with zero attached hydrogens (tertiary/aromatic N) is 3. The van der Waals surface area contributed by atoms with Crippen LogP contribution in [0.1, 0.15) is 16.4 Å². The topological polar surface area (TPSA) is 51.8 Å². The molecule has 0 unspecified atom stereocenters. The Morgan fingerprint density at radius 2 is 1.12 bits per heavy atom. The van der Waals surface area contributed by atoms with Gasteiger partial charge in [-0.3, -0.25) is 0 Å². The zero-order chi connectivity index (χ0) is 47.9. The Hall–Kier alpha value is -6.99. The third-order valence-electron chi connectivity index (χ3n) is 9.97. The largest absolute Gasteiger partial charge is 0.456 e. The van der Waals surface area contributed by atoms with E-state index < -0.39 is 54.4 Å². The molecule has 0 N–H and O–H groups in total. The molecule has 8 aromatic carbocycles. The summed E-state index contributed by atoms with van der Waals surface area (Å²) in [7, 11) is 0. The summed E-state index contributed by atoms with van der Waals surface area (Å²) in [5.74, 6) is 0.514. The van der Waals surface area contributed by atoms with Gasteiger partial charge in [0, 0.05) is 67.8 Å². The van der Waals surface area contributed by atoms with Crippen LogP contribution in [0, 0.1) is 0 Å². The van der Waals surface area contributed by atoms with Gasteiger partial charge in [0.1, 0.15) is 11.2 Å². The van der Waals surface area contributed by atoms with E-state index in [-0.39, 0.29) is 100.0 Å². The molecule has 57 heavy (non-hydrogen) atoms. The van der Waals surface area contributed by atoms with Gasteiger partial charge < -0.3 is 4.42 Å². The number of rotatable bonds is 5. The standard InChI is InChI=1S/C51H29N3OS2/c1-3-12-30(13-4-1)49-52-50(31-14-5-2-6-15-31)54-51(53-49)33-23-25-38-39-19-11-18-35(48(39)57-46(38)29-33)34-26-41(47-40-17-7-9-20-42(40)55-43(47)27-34)32-22-24-37-36-16-8-10-21-44(36)56-45(37)28-32/h1-29H/i7D,9D,11D,17D,18D,19D,20D,23D,25D,26D,27D,29D. The Labute approximate surface area is 351 Å². The van der Waals surface area contributed by atoms with Gasteiger partial charge in [0.15, 0.2) is 17.5 Å². The molecule has 0 spiro atoms. The van der Waals surface area contributed by atoms with Crippen molar-refractivity contribution in [2.75, 3.05) is 0 Å². The molecule has 0 fully saturated rings. The van der Waals surface area contributed by atoms with Crippen LogP contribution in [-0.4, -0.2) is 15.0 Å². The molecule has 0 atom stereocenters. The predicted octanol–water partition coefficient (Wildman–Crippen LogP) is 14.8. The van der Waals surface area contributed by atoms with E-state index in [1.54, 1.807) is 6.07 Å². The molecule has 0 aliphatic carbocycles. The van der Waals surface area contributed by atoms with Crippen LogP contribution in [0.15, 0.2) is 180 Å². The summed E-state index contributed by atoms with van der Waals surface area (Å²) >= 11 is 2.46. The highest BCUT2D eigenvalue weighted by Gasteiger charge is 2.19. The van der Waals surface area contributed by atoms with Crippen LogP contribution in [0.25, 0.3) is 119 Å². The van der Waals surface area contributed by atoms with Crippen molar-refractivity contribution in [3.05, 3.63) is 176 Å². The Kier molecular flexibility index (Phi) is 5.05. The van der Waals surface area contributed by atoms with Crippen molar-refractivity contribution in [1.29, 1.82) is 0 Å². The van der Waals surface area contributed by atoms with Gasteiger partial charge in [-0.25, -0.2) is 15.0 Å². The second-order valence-electron chi connectivity index (χ2n) is 13.4. The van der Waals surface area contributed by atoms with Crippen molar-refractivity contribution in [1.82, 2.24) is 15.0 Å². The van der Waals surface area contributed by atoms with E-state index in [1.165, 1.54) is 11.3 Å². The van der Waals surface area contributed by atoms with Crippen LogP contribution in [-0.2, 0) is 0 Å². The first-order chi connectivity index (χ1) is 33.2. The van der Waals surface area contributed by atoms with E-state index in [4.69, 9.17) is 26.2 Å². The fraction of sp³-hybridized carbons (Fsp3) is 0. The molecule has 4 heterocycles. The summed E-state index contributed by atoms with van der Waals surface area (Å²) in [5, 5.41) is 2.07. The molecular weight excluding hydrogens is 735 g/mol. The lowest BCUT2D eigenvalue weighted by atomic mass is 9.93. The van der Waals surface area contributed by atoms with Crippen LogP contribution in [0.2, 0.25) is 0 Å². The van der Waals surface area contributed by atoms with Crippen LogP contribution in [0.4, 0.5) is 0 Å². The number of benzene rings is 8. The molecule has 12 rings (SSSR count). The van der Waals surface area contributed by atoms with Crippen LogP contribution >= 0.6 is 22.7 Å². The number of hydrogen-bond donors (Lipinski definition) is 0. The summed E-state index contributed by atoms with van der Waals surface area (Å²) < 4.78 is 120. The first kappa shape index (κ1) is 22.5. The minimum Gasteiger partial charge on any atom is -0.456 e. The number of furan rings is 1. The Bertz CT molecular complexity index is 4170. The molecule has 0 radical (unpaired) electrons. The Morgan fingerprint density at radius 3 is 1.93 bits per heavy atom. The third kappa shape index (κ3) is 5.30. The zero-order valence-corrected chi connectivity index (χ0v) is 31.0. The summed E-state index contributed by atoms with van der Waals surface area (Å²) in [5.41, 5.74) is 1.16. The predicted molar refractivity (Wildman–Crippen MR) is 240 cm³/mol. The lowest BCUT2D eigenvalue weighted by Crippen LogP contribution is -1.99. The smallest absolute Gasteiger partial charge is 0.164 e. The van der Waals surface area contributed by atoms with Gasteiger partial charge in [0.25, 0.3) is 0 Å². The lowest BCUT2D eigenvalue weighted by Gasteiger charge is -2.10. The van der Waals surface area contributed by atoms with Crippen molar-refractivity contribution in [2.24, 2.45) is 0 Å². The summed E-state index contributed by atoms with van der Waals surface area (Å²) in [6.45, 7) is 0. The number of fused-ring (bicyclic) bond motifs is 9. The molecule has 0 amide bonds. The number of hydrogen-bond acceptors (Lipinski definition) is 6. The minimum atomic E-state index is -0.576. The molecule has 0 aliphatic rings. The molecule has 0 saturated heterocycles. The average molecular weight is 776 g/mol. The SMILES string of the molecule is [2H]c1c([2H])c([2H])c2c(oc3c([2H])c(-c4c([2H])c([2H])c([2H])c5c4sc4c([2H])c(-c6nc(-c7ccccc7)nc(-c7ccccc7)n6)c([2H])c([2H])c45)c([2H])c(-c4ccc5c(c4)sc4ccccc45)c32)c1[2H]. The van der Waals surface area contributed by atoms with Gasteiger partial charge in [-0.05, 0) is 58.6 Å². The van der Waals surface area contributed by atoms with E-state index in [0.29, 0.717) is 16.7 Å². The van der Waals surface area contributed by atoms with E-state index >= 15 is 0 Å². The zero-order valence-electron chi connectivity index (χ0n) is 41.4. The van der Waals surface area contributed by atoms with Crippen molar-refractivity contribution >= 4 is 85.0 Å². The van der Waals surface area contributed by atoms with Crippen molar-refractivity contribution in [3.63, 3.8) is 0 Å². The van der Waals surface area contributed by atoms with Crippen LogP contribution in [0.5, 0.6) is 0 Å². The first-order valence-corrected chi connectivity index (χ1v) is 19.6. The van der Waals surface area contributed by atoms with Gasteiger partial charge in [-0.15, -0.1) is 22.7 Å². The van der Waals surface area contributed by atoms with Gasteiger partial charge in [-0.1, -0.05) is 139 Å². The van der Waals surface area contributed by atoms with Gasteiger partial charge in [0.2, 0.25) is 0 Å². The van der Waals surface area contributed by atoms with E-state index in [1.807, 2.05) is 97.1 Å². The maximum absolute atomic E-state index is 10.1. The van der Waals surface area contributed by atoms with Crippen LogP contribution in [0.3, 0.4) is 0 Å². The number of aromatic nitrogens is 3. The number of para-hydroxylation sites is 1. The van der Waals surface area contributed by atoms with Crippen molar-refractivity contribution in [2.45, 2.75) is 0 Å². The minimum absolute atomic E-state index is 0.00789. The third-order valence-corrected chi connectivity index (χ3v) is 12.2. The Balaban J connectivity index is 1.18. The van der Waals surface area contributed by atoms with E-state index in [2.05, 4.69) is 0 Å². The summed E-state index contributed by atoms with van der Waals surface area (Å²) in [4.78, 5) is 14.2. The van der Waals surface area contributed by atoms with Crippen molar-refractivity contribution in [3.8, 4) is 56.4 Å². The Morgan fingerprint density at radius 1 is 0.421 bits per heavy atom. The van der Waals surface area contributed by atoms with Gasteiger partial charge in [0.05, 0.1) is 16.4 Å². The molecule has 4 aromatic heterocycles. The second-order valence-corrected chi connectivity index (χ2v) is 15.5. The fourth-order valence-corrected chi connectivity index (χ4v) is 9.59. The fourth-order valence-electron chi connectivity index (χ4n) is 7.33. The normalized spacial score (nSPS) is 14.8. The highest BCUT2D eigenvalue weighted by atomic mass is 32.1. The molecule has 6 heteroatoms. The highest BCUT2D eigenvalue weighted by molar-refractivity contribution is 7.26. The molecular formula is C51H29N3OS2. The first-order valence-electron chi connectivity index (χ1n) is 24.0. The maximum atomic E-state index is 10.1. The molecule has 266 valence electrons. The molecule has 12 aromatic rings. The molecule has 4 nitrogen and oxygen atoms in total. The molecule has 0 bridgehead atoms. The molecule has 0 aliphatic heterocycles. The second kappa shape index (κ2) is 12.8. The highest BCUT2D eigenvalue weighted by Crippen LogP contribution is 2.46. The monoisotopic (exact) mass is 775 g/mol. The van der Waals surface area contributed by atoms with Crippen LogP contribution < -0.4 is 0 Å². The van der Waals surface area contributed by atoms with E-state index in [0.717, 1.165) is 31.5 Å². The maximum Gasteiger partial charge on any atom is 0.164 e. The van der Waals surface area contributed by atoms with Gasteiger partial charge in [-0.2, -0.15) is 0 Å². The summed E-state index contributed by atoms with van der Waals surface area (Å²) in [6.07, 6.45) is 0. The molecule has 0 saturated carbocycles. The average Bonchev–Trinajstić information content (AvgIpc) is 4.08. The lowest BCUT2D eigenvalue weighted by molar-refractivity contribution is 0.669. The quantitative estimate of drug-likeness (QED) is 0.175. The van der Waals surface area contributed by atoms with E-state index in [9.17, 15) is 9.60 Å². The van der Waals surface area contributed by atoms with Crippen molar-refractivity contribution < 1.29 is 20.9 Å². The summed E-state index contributed by atoms with van der Waals surface area (Å²) in [6, 6.07) is 26.6. The van der Waals surface area contributed by atoms with Gasteiger partial charge >= 0.3 is 0 Å².